The van der Waals surface area contributed by atoms with Crippen molar-refractivity contribution < 1.29 is 4.79 Å². The van der Waals surface area contributed by atoms with Crippen molar-refractivity contribution in [2.45, 2.75) is 56.9 Å². The Morgan fingerprint density at radius 3 is 2.61 bits per heavy atom. The Morgan fingerprint density at radius 1 is 1.39 bits per heavy atom. The molecule has 18 heavy (non-hydrogen) atoms. The van der Waals surface area contributed by atoms with E-state index in [4.69, 9.17) is 0 Å². The molecule has 0 radical (unpaired) electrons. The van der Waals surface area contributed by atoms with Gasteiger partial charge in [0.1, 0.15) is 0 Å². The molecule has 1 N–H and O–H groups in total. The van der Waals surface area contributed by atoms with Gasteiger partial charge in [0, 0.05) is 25.6 Å². The highest BCUT2D eigenvalue weighted by Gasteiger charge is 2.33. The van der Waals surface area contributed by atoms with E-state index in [1.54, 1.807) is 0 Å². The molecule has 0 unspecified atom stereocenters. The number of nitrogens with one attached hydrogen (secondary N) is 1. The van der Waals surface area contributed by atoms with Gasteiger partial charge in [-0.2, -0.15) is 0 Å². The van der Waals surface area contributed by atoms with Crippen LogP contribution in [0.15, 0.2) is 12.7 Å². The number of nitrogens with zero attached hydrogens (tertiary/aromatic N) is 1. The molecule has 104 valence electrons. The predicted octanol–water partition coefficient (Wildman–Crippen LogP) is 2.72. The monoisotopic (exact) mass is 252 g/mol. The number of hydrogen-bond acceptors (Lipinski definition) is 2. The third-order valence-electron chi connectivity index (χ3n) is 4.16. The van der Waals surface area contributed by atoms with Crippen molar-refractivity contribution in [3.05, 3.63) is 12.7 Å². The zero-order chi connectivity index (χ0) is 13.4. The minimum absolute atomic E-state index is 0.0576. The molecule has 3 heteroatoms. The van der Waals surface area contributed by atoms with E-state index in [1.165, 1.54) is 19.3 Å². The van der Waals surface area contributed by atoms with Crippen LogP contribution in [0.3, 0.4) is 0 Å². The molecule has 3 nitrogen and oxygen atoms in total. The first-order valence-electron chi connectivity index (χ1n) is 7.17. The summed E-state index contributed by atoms with van der Waals surface area (Å²) >= 11 is 0. The van der Waals surface area contributed by atoms with E-state index in [2.05, 4.69) is 11.9 Å². The van der Waals surface area contributed by atoms with E-state index in [1.807, 2.05) is 25.1 Å². The number of hydrogen-bond donors (Lipinski definition) is 1. The molecule has 0 aromatic rings. The van der Waals surface area contributed by atoms with Crippen LogP contribution in [0.1, 0.15) is 51.4 Å². The fourth-order valence-electron chi connectivity index (χ4n) is 2.77. The average molecular weight is 252 g/mol. The lowest BCUT2D eigenvalue weighted by molar-refractivity contribution is -0.131. The Hall–Kier alpha value is -0.830. The molecule has 0 aliphatic heterocycles. The highest BCUT2D eigenvalue weighted by molar-refractivity contribution is 5.77. The van der Waals surface area contributed by atoms with Gasteiger partial charge in [-0.05, 0) is 32.7 Å². The van der Waals surface area contributed by atoms with Crippen LogP contribution in [0.25, 0.3) is 0 Å². The first kappa shape index (κ1) is 15.2. The zero-order valence-electron chi connectivity index (χ0n) is 12.0. The van der Waals surface area contributed by atoms with Gasteiger partial charge in [-0.15, -0.1) is 6.58 Å². The number of rotatable bonds is 7. The normalized spacial score (nSPS) is 18.3. The van der Waals surface area contributed by atoms with Crippen molar-refractivity contribution in [3.8, 4) is 0 Å². The van der Waals surface area contributed by atoms with Crippen molar-refractivity contribution in [2.24, 2.45) is 0 Å². The maximum Gasteiger partial charge on any atom is 0.224 e. The lowest BCUT2D eigenvalue weighted by Gasteiger charge is -2.37. The number of carbonyl (C=O) groups excluding carboxylic acids is 1. The molecule has 0 atom stereocenters. The summed E-state index contributed by atoms with van der Waals surface area (Å²) in [6.07, 6.45) is 10.6. The van der Waals surface area contributed by atoms with Crippen molar-refractivity contribution in [1.82, 2.24) is 10.2 Å². The number of allylic oxidation sites excluding steroid dienone is 1. The van der Waals surface area contributed by atoms with E-state index < -0.39 is 0 Å². The van der Waals surface area contributed by atoms with Gasteiger partial charge in [-0.1, -0.05) is 25.3 Å². The smallest absolute Gasteiger partial charge is 0.224 e. The van der Waals surface area contributed by atoms with Gasteiger partial charge < -0.3 is 10.2 Å². The second kappa shape index (κ2) is 7.57. The standard InChI is InChI=1S/C15H28N2O/c1-4-5-9-12-17(3)14(18)13-15(16-2)10-7-6-8-11-15/h4,16H,1,5-13H2,2-3H3. The maximum absolute atomic E-state index is 12.2. The molecule has 0 aromatic heterocycles. The zero-order valence-corrected chi connectivity index (χ0v) is 12.0. The topological polar surface area (TPSA) is 32.3 Å². The van der Waals surface area contributed by atoms with Gasteiger partial charge in [-0.25, -0.2) is 0 Å². The summed E-state index contributed by atoms with van der Waals surface area (Å²) in [5.41, 5.74) is 0.0576. The Kier molecular flexibility index (Phi) is 6.41. The van der Waals surface area contributed by atoms with Crippen LogP contribution in [-0.4, -0.2) is 37.0 Å². The summed E-state index contributed by atoms with van der Waals surface area (Å²) in [6.45, 7) is 4.54. The molecule has 0 bridgehead atoms. The fourth-order valence-corrected chi connectivity index (χ4v) is 2.77. The van der Waals surface area contributed by atoms with Gasteiger partial charge in [-0.3, -0.25) is 4.79 Å². The second-order valence-corrected chi connectivity index (χ2v) is 5.51. The van der Waals surface area contributed by atoms with Gasteiger partial charge >= 0.3 is 0 Å². The van der Waals surface area contributed by atoms with Crippen LogP contribution in [0.2, 0.25) is 0 Å². The summed E-state index contributed by atoms with van der Waals surface area (Å²) in [5.74, 6) is 0.273. The largest absolute Gasteiger partial charge is 0.346 e. The molecule has 1 fully saturated rings. The van der Waals surface area contributed by atoms with Crippen LogP contribution in [0, 0.1) is 0 Å². The number of unbranched alkanes of at least 4 members (excludes halogenated alkanes) is 1. The molecule has 1 amide bonds. The molecule has 0 saturated heterocycles. The Bertz CT molecular complexity index is 270. The molecule has 1 rings (SSSR count). The first-order valence-corrected chi connectivity index (χ1v) is 7.17. The third-order valence-corrected chi connectivity index (χ3v) is 4.16. The van der Waals surface area contributed by atoms with E-state index in [-0.39, 0.29) is 11.4 Å². The van der Waals surface area contributed by atoms with Crippen molar-refractivity contribution >= 4 is 5.91 Å². The summed E-state index contributed by atoms with van der Waals surface area (Å²) in [7, 11) is 3.91. The summed E-state index contributed by atoms with van der Waals surface area (Å²) in [5, 5.41) is 3.41. The average Bonchev–Trinajstić information content (AvgIpc) is 2.40. The SMILES string of the molecule is C=CCCCN(C)C(=O)CC1(NC)CCCCC1. The Labute approximate surface area is 112 Å². The molecule has 1 aliphatic carbocycles. The van der Waals surface area contributed by atoms with Gasteiger partial charge in [0.15, 0.2) is 0 Å². The Morgan fingerprint density at radius 2 is 2.06 bits per heavy atom. The van der Waals surface area contributed by atoms with E-state index in [0.717, 1.165) is 32.2 Å². The van der Waals surface area contributed by atoms with Gasteiger partial charge in [0.25, 0.3) is 0 Å². The van der Waals surface area contributed by atoms with E-state index >= 15 is 0 Å². The molecule has 0 aromatic carbocycles. The quantitative estimate of drug-likeness (QED) is 0.558. The minimum Gasteiger partial charge on any atom is -0.346 e. The van der Waals surface area contributed by atoms with Crippen LogP contribution in [-0.2, 0) is 4.79 Å². The summed E-state index contributed by atoms with van der Waals surface area (Å²) in [6, 6.07) is 0. The molecular weight excluding hydrogens is 224 g/mol. The second-order valence-electron chi connectivity index (χ2n) is 5.51. The van der Waals surface area contributed by atoms with Crippen LogP contribution in [0.5, 0.6) is 0 Å². The van der Waals surface area contributed by atoms with E-state index in [0.29, 0.717) is 6.42 Å². The highest BCUT2D eigenvalue weighted by Crippen LogP contribution is 2.31. The number of carbonyl (C=O) groups is 1. The lowest BCUT2D eigenvalue weighted by atomic mass is 9.79. The van der Waals surface area contributed by atoms with Crippen LogP contribution >= 0.6 is 0 Å². The van der Waals surface area contributed by atoms with Crippen LogP contribution < -0.4 is 5.32 Å². The number of amides is 1. The predicted molar refractivity (Wildman–Crippen MR) is 76.6 cm³/mol. The van der Waals surface area contributed by atoms with Gasteiger partial charge in [0.05, 0.1) is 0 Å². The van der Waals surface area contributed by atoms with Crippen molar-refractivity contribution in [3.63, 3.8) is 0 Å². The Balaban J connectivity index is 2.42. The molecular formula is C15H28N2O. The fraction of sp³-hybridized carbons (Fsp3) is 0.800. The maximum atomic E-state index is 12.2. The first-order chi connectivity index (χ1) is 8.63. The molecule has 0 spiro atoms. The highest BCUT2D eigenvalue weighted by atomic mass is 16.2. The lowest BCUT2D eigenvalue weighted by Crippen LogP contribution is -2.48. The summed E-state index contributed by atoms with van der Waals surface area (Å²) < 4.78 is 0. The summed E-state index contributed by atoms with van der Waals surface area (Å²) in [4.78, 5) is 14.1. The van der Waals surface area contributed by atoms with Crippen molar-refractivity contribution in [1.29, 1.82) is 0 Å². The third kappa shape index (κ3) is 4.45. The van der Waals surface area contributed by atoms with Gasteiger partial charge in [0.2, 0.25) is 5.91 Å². The molecule has 1 aliphatic rings. The van der Waals surface area contributed by atoms with E-state index in [9.17, 15) is 4.79 Å². The molecule has 1 saturated carbocycles. The van der Waals surface area contributed by atoms with Crippen LogP contribution in [0.4, 0.5) is 0 Å². The van der Waals surface area contributed by atoms with Crippen molar-refractivity contribution in [2.75, 3.05) is 20.6 Å². The minimum atomic E-state index is 0.0576. The molecule has 0 heterocycles.